The minimum Gasteiger partial charge on any atom is -0.307 e. The summed E-state index contributed by atoms with van der Waals surface area (Å²) in [6.07, 6.45) is 5.24. The van der Waals surface area contributed by atoms with Crippen LogP contribution < -0.4 is 10.9 Å². The molecule has 0 unspecified atom stereocenters. The molecule has 0 aliphatic heterocycles. The van der Waals surface area contributed by atoms with Gasteiger partial charge < -0.3 is 5.32 Å². The van der Waals surface area contributed by atoms with E-state index in [1.807, 2.05) is 30.3 Å². The van der Waals surface area contributed by atoms with Gasteiger partial charge in [0.1, 0.15) is 5.65 Å². The quantitative estimate of drug-likeness (QED) is 0.775. The summed E-state index contributed by atoms with van der Waals surface area (Å²) in [7, 11) is 0. The van der Waals surface area contributed by atoms with Crippen LogP contribution in [0.1, 0.15) is 11.3 Å². The highest BCUT2D eigenvalue weighted by Gasteiger charge is 2.01. The highest BCUT2D eigenvalue weighted by molar-refractivity contribution is 5.37. The van der Waals surface area contributed by atoms with Crippen LogP contribution >= 0.6 is 0 Å². The maximum atomic E-state index is 11.9. The van der Waals surface area contributed by atoms with E-state index in [2.05, 4.69) is 15.3 Å². The van der Waals surface area contributed by atoms with Crippen molar-refractivity contribution in [1.82, 2.24) is 19.7 Å². The smallest absolute Gasteiger partial charge is 0.258 e. The molecule has 0 amide bonds. The van der Waals surface area contributed by atoms with Crippen LogP contribution in [0.15, 0.2) is 59.8 Å². The first-order chi connectivity index (χ1) is 9.83. The predicted octanol–water partition coefficient (Wildman–Crippen LogP) is 1.38. The van der Waals surface area contributed by atoms with E-state index in [4.69, 9.17) is 0 Å². The summed E-state index contributed by atoms with van der Waals surface area (Å²) in [4.78, 5) is 20.3. The second kappa shape index (κ2) is 5.63. The zero-order chi connectivity index (χ0) is 13.8. The van der Waals surface area contributed by atoms with E-state index in [9.17, 15) is 4.79 Å². The summed E-state index contributed by atoms with van der Waals surface area (Å²) in [6, 6.07) is 11.0. The van der Waals surface area contributed by atoms with Gasteiger partial charge in [0, 0.05) is 37.7 Å². The predicted molar refractivity (Wildman–Crippen MR) is 76.2 cm³/mol. The largest absolute Gasteiger partial charge is 0.307 e. The molecule has 0 fully saturated rings. The number of hydrogen-bond acceptors (Lipinski definition) is 4. The van der Waals surface area contributed by atoms with E-state index in [0.717, 1.165) is 17.8 Å². The van der Waals surface area contributed by atoms with Gasteiger partial charge in [-0.2, -0.15) is 0 Å². The Kier molecular flexibility index (Phi) is 3.52. The van der Waals surface area contributed by atoms with E-state index < -0.39 is 0 Å². The van der Waals surface area contributed by atoms with E-state index in [1.165, 1.54) is 4.40 Å². The molecule has 3 heterocycles. The molecule has 0 aliphatic rings. The number of rotatable bonds is 4. The van der Waals surface area contributed by atoms with Crippen LogP contribution in [-0.4, -0.2) is 14.4 Å². The molecule has 1 N–H and O–H groups in total. The van der Waals surface area contributed by atoms with E-state index in [1.54, 1.807) is 24.7 Å². The Morgan fingerprint density at radius 1 is 1.10 bits per heavy atom. The third-order valence-corrected chi connectivity index (χ3v) is 3.01. The number of aromatic nitrogens is 3. The molecule has 100 valence electrons. The van der Waals surface area contributed by atoms with Crippen molar-refractivity contribution in [3.63, 3.8) is 0 Å². The van der Waals surface area contributed by atoms with Gasteiger partial charge in [0.2, 0.25) is 0 Å². The van der Waals surface area contributed by atoms with Crippen molar-refractivity contribution in [1.29, 1.82) is 0 Å². The molecule has 3 rings (SSSR count). The van der Waals surface area contributed by atoms with Gasteiger partial charge in [0.15, 0.2) is 0 Å². The summed E-state index contributed by atoms with van der Waals surface area (Å²) in [5.41, 5.74) is 2.50. The Balaban J connectivity index is 1.73. The number of fused-ring (bicyclic) bond motifs is 1. The van der Waals surface area contributed by atoms with Crippen LogP contribution in [-0.2, 0) is 13.1 Å². The third kappa shape index (κ3) is 2.73. The molecule has 20 heavy (non-hydrogen) atoms. The topological polar surface area (TPSA) is 59.3 Å². The van der Waals surface area contributed by atoms with Gasteiger partial charge in [-0.25, -0.2) is 4.98 Å². The lowest BCUT2D eigenvalue weighted by Crippen LogP contribution is -2.19. The Hall–Kier alpha value is -2.53. The third-order valence-electron chi connectivity index (χ3n) is 3.01. The number of nitrogens with one attached hydrogen (secondary N) is 1. The van der Waals surface area contributed by atoms with Crippen molar-refractivity contribution in [2.45, 2.75) is 13.1 Å². The molecule has 0 aliphatic carbocycles. The summed E-state index contributed by atoms with van der Waals surface area (Å²) >= 11 is 0. The Bertz CT molecular complexity index is 767. The van der Waals surface area contributed by atoms with Crippen molar-refractivity contribution in [2.75, 3.05) is 0 Å². The summed E-state index contributed by atoms with van der Waals surface area (Å²) < 4.78 is 1.53. The normalized spacial score (nSPS) is 10.8. The second-order valence-corrected chi connectivity index (χ2v) is 4.47. The standard InChI is InChI=1S/C15H14N4O/c20-15-9-13(18-14-3-1-2-8-19(14)15)11-17-10-12-4-6-16-7-5-12/h1-9,17H,10-11H2. The summed E-state index contributed by atoms with van der Waals surface area (Å²) in [5.74, 6) is 0. The van der Waals surface area contributed by atoms with Crippen LogP contribution in [0, 0.1) is 0 Å². The average Bonchev–Trinajstić information content (AvgIpc) is 2.48. The van der Waals surface area contributed by atoms with Crippen LogP contribution in [0.25, 0.3) is 5.65 Å². The Morgan fingerprint density at radius 3 is 2.80 bits per heavy atom. The van der Waals surface area contributed by atoms with Crippen molar-refractivity contribution < 1.29 is 0 Å². The number of pyridine rings is 2. The molecule has 3 aromatic heterocycles. The Morgan fingerprint density at radius 2 is 1.95 bits per heavy atom. The first kappa shape index (κ1) is 12.5. The van der Waals surface area contributed by atoms with Gasteiger partial charge in [-0.3, -0.25) is 14.2 Å². The average molecular weight is 266 g/mol. The van der Waals surface area contributed by atoms with Crippen molar-refractivity contribution in [3.05, 3.63) is 76.6 Å². The van der Waals surface area contributed by atoms with Crippen molar-refractivity contribution in [2.24, 2.45) is 0 Å². The fraction of sp³-hybridized carbons (Fsp3) is 0.133. The van der Waals surface area contributed by atoms with Gasteiger partial charge in [-0.05, 0) is 29.8 Å². The fourth-order valence-electron chi connectivity index (χ4n) is 2.03. The second-order valence-electron chi connectivity index (χ2n) is 4.47. The Labute approximate surface area is 115 Å². The molecule has 5 heteroatoms. The molecule has 5 nitrogen and oxygen atoms in total. The number of hydrogen-bond donors (Lipinski definition) is 1. The highest BCUT2D eigenvalue weighted by atomic mass is 16.1. The molecule has 0 spiro atoms. The minimum atomic E-state index is -0.0590. The van der Waals surface area contributed by atoms with E-state index in [0.29, 0.717) is 12.2 Å². The monoisotopic (exact) mass is 266 g/mol. The lowest BCUT2D eigenvalue weighted by molar-refractivity contribution is 0.677. The molecule has 0 saturated heterocycles. The lowest BCUT2D eigenvalue weighted by Gasteiger charge is -2.06. The number of nitrogens with zero attached hydrogens (tertiary/aromatic N) is 3. The van der Waals surface area contributed by atoms with E-state index in [-0.39, 0.29) is 5.56 Å². The first-order valence-electron chi connectivity index (χ1n) is 6.40. The minimum absolute atomic E-state index is 0.0590. The van der Waals surface area contributed by atoms with E-state index >= 15 is 0 Å². The van der Waals surface area contributed by atoms with Gasteiger partial charge >= 0.3 is 0 Å². The molecule has 0 aromatic carbocycles. The molecule has 3 aromatic rings. The SMILES string of the molecule is O=c1cc(CNCc2ccncc2)nc2ccccn12. The molecule has 0 atom stereocenters. The molecular weight excluding hydrogens is 252 g/mol. The van der Waals surface area contributed by atoms with Crippen LogP contribution in [0.4, 0.5) is 0 Å². The maximum Gasteiger partial charge on any atom is 0.258 e. The molecule has 0 bridgehead atoms. The van der Waals surface area contributed by atoms with Gasteiger partial charge in [-0.15, -0.1) is 0 Å². The van der Waals surface area contributed by atoms with Gasteiger partial charge in [-0.1, -0.05) is 6.07 Å². The van der Waals surface area contributed by atoms with Crippen molar-refractivity contribution in [3.8, 4) is 0 Å². The van der Waals surface area contributed by atoms with Gasteiger partial charge in [0.25, 0.3) is 5.56 Å². The fourth-order valence-corrected chi connectivity index (χ4v) is 2.03. The first-order valence-corrected chi connectivity index (χ1v) is 6.40. The summed E-state index contributed by atoms with van der Waals surface area (Å²) in [5, 5.41) is 3.27. The van der Waals surface area contributed by atoms with Crippen LogP contribution in [0.2, 0.25) is 0 Å². The maximum absolute atomic E-state index is 11.9. The summed E-state index contributed by atoms with van der Waals surface area (Å²) in [6.45, 7) is 1.28. The van der Waals surface area contributed by atoms with Gasteiger partial charge in [0.05, 0.1) is 5.69 Å². The highest BCUT2D eigenvalue weighted by Crippen LogP contribution is 2.00. The molecule has 0 radical (unpaired) electrons. The zero-order valence-electron chi connectivity index (χ0n) is 10.9. The zero-order valence-corrected chi connectivity index (χ0v) is 10.9. The van der Waals surface area contributed by atoms with Crippen LogP contribution in [0.5, 0.6) is 0 Å². The molecular formula is C15H14N4O. The molecule has 0 saturated carbocycles. The lowest BCUT2D eigenvalue weighted by atomic mass is 10.2. The van der Waals surface area contributed by atoms with Crippen LogP contribution in [0.3, 0.4) is 0 Å². The van der Waals surface area contributed by atoms with Crippen molar-refractivity contribution >= 4 is 5.65 Å².